The highest BCUT2D eigenvalue weighted by Crippen LogP contribution is 2.33. The number of nitrogens with one attached hydrogen (secondary N) is 1. The molecule has 1 saturated heterocycles. The van der Waals surface area contributed by atoms with Gasteiger partial charge in [0.15, 0.2) is 0 Å². The van der Waals surface area contributed by atoms with Crippen molar-refractivity contribution in [1.82, 2.24) is 10.3 Å². The lowest BCUT2D eigenvalue weighted by Crippen LogP contribution is -2.27. The Morgan fingerprint density at radius 2 is 2.19 bits per heavy atom. The van der Waals surface area contributed by atoms with Crippen molar-refractivity contribution in [3.05, 3.63) is 52.6 Å². The third-order valence-electron chi connectivity index (χ3n) is 5.68. The van der Waals surface area contributed by atoms with Gasteiger partial charge < -0.3 is 15.0 Å². The number of carbonyl (C=O) groups is 2. The number of amides is 2. The molecule has 1 N–H and O–H groups in total. The molecular formula is C22H22FN5O3. The van der Waals surface area contributed by atoms with Gasteiger partial charge in [-0.3, -0.25) is 14.7 Å². The van der Waals surface area contributed by atoms with Crippen LogP contribution in [0.15, 0.2) is 24.4 Å². The minimum absolute atomic E-state index is 0.0510. The summed E-state index contributed by atoms with van der Waals surface area (Å²) in [6.07, 6.45) is 1.56. The van der Waals surface area contributed by atoms with Crippen LogP contribution in [0.3, 0.4) is 0 Å². The Balaban J connectivity index is 1.34. The summed E-state index contributed by atoms with van der Waals surface area (Å²) in [5, 5.41) is 12.4. The zero-order valence-electron chi connectivity index (χ0n) is 17.3. The van der Waals surface area contributed by atoms with Crippen molar-refractivity contribution in [2.75, 3.05) is 29.9 Å². The van der Waals surface area contributed by atoms with Gasteiger partial charge in [0.05, 0.1) is 41.8 Å². The van der Waals surface area contributed by atoms with Crippen LogP contribution in [0.5, 0.6) is 0 Å². The molecule has 0 aliphatic carbocycles. The van der Waals surface area contributed by atoms with E-state index in [2.05, 4.69) is 16.4 Å². The second-order valence-electron chi connectivity index (χ2n) is 7.68. The Morgan fingerprint density at radius 1 is 1.39 bits per heavy atom. The van der Waals surface area contributed by atoms with Gasteiger partial charge in [0.25, 0.3) is 0 Å². The second-order valence-corrected chi connectivity index (χ2v) is 7.68. The van der Waals surface area contributed by atoms with E-state index in [9.17, 15) is 14.0 Å². The van der Waals surface area contributed by atoms with E-state index in [4.69, 9.17) is 10.00 Å². The molecule has 2 aliphatic rings. The Morgan fingerprint density at radius 3 is 2.97 bits per heavy atom. The first kappa shape index (κ1) is 20.8. The summed E-state index contributed by atoms with van der Waals surface area (Å²) in [4.78, 5) is 31.3. The number of hydrogen-bond acceptors (Lipinski definition) is 6. The van der Waals surface area contributed by atoms with E-state index in [-0.39, 0.29) is 30.8 Å². The van der Waals surface area contributed by atoms with Crippen molar-refractivity contribution < 1.29 is 18.7 Å². The standard InChI is InChI=1S/C22H22FN5O3/c1-13-15(9-24)7-16(10-26-13)28-12-17(31-22(28)30)5-6-25-11-18-19(23)4-3-14-8-20(29)27(2)21(14)18/h3-4,7,10,17,25H,5-6,8,11-12H2,1-2H3. The van der Waals surface area contributed by atoms with Crippen molar-refractivity contribution in [3.63, 3.8) is 0 Å². The summed E-state index contributed by atoms with van der Waals surface area (Å²) in [5.41, 5.74) is 3.47. The molecule has 160 valence electrons. The first-order valence-electron chi connectivity index (χ1n) is 10.0. The summed E-state index contributed by atoms with van der Waals surface area (Å²) >= 11 is 0. The monoisotopic (exact) mass is 423 g/mol. The fourth-order valence-electron chi connectivity index (χ4n) is 3.94. The predicted molar refractivity (Wildman–Crippen MR) is 111 cm³/mol. The van der Waals surface area contributed by atoms with E-state index in [0.29, 0.717) is 47.7 Å². The average Bonchev–Trinajstić information content (AvgIpc) is 3.26. The number of cyclic esters (lactones) is 1. The fourth-order valence-corrected chi connectivity index (χ4v) is 3.94. The highest BCUT2D eigenvalue weighted by atomic mass is 19.1. The van der Waals surface area contributed by atoms with Crippen LogP contribution in [0.4, 0.5) is 20.6 Å². The molecule has 31 heavy (non-hydrogen) atoms. The summed E-state index contributed by atoms with van der Waals surface area (Å²) in [6, 6.07) is 6.74. The molecule has 3 heterocycles. The van der Waals surface area contributed by atoms with Crippen LogP contribution < -0.4 is 15.1 Å². The van der Waals surface area contributed by atoms with Gasteiger partial charge in [-0.15, -0.1) is 0 Å². The van der Waals surface area contributed by atoms with Crippen LogP contribution in [-0.2, 0) is 22.5 Å². The van der Waals surface area contributed by atoms with Crippen molar-refractivity contribution in [2.45, 2.75) is 32.4 Å². The summed E-state index contributed by atoms with van der Waals surface area (Å²) < 4.78 is 19.8. The zero-order chi connectivity index (χ0) is 22.1. The number of ether oxygens (including phenoxy) is 1. The predicted octanol–water partition coefficient (Wildman–Crippen LogP) is 2.42. The molecule has 0 spiro atoms. The maximum atomic E-state index is 14.4. The summed E-state index contributed by atoms with van der Waals surface area (Å²) in [5.74, 6) is -0.406. The second kappa shape index (κ2) is 8.32. The van der Waals surface area contributed by atoms with Gasteiger partial charge in [0, 0.05) is 19.2 Å². The summed E-state index contributed by atoms with van der Waals surface area (Å²) in [6.45, 7) is 2.85. The van der Waals surface area contributed by atoms with Gasteiger partial charge in [-0.05, 0) is 37.6 Å². The third kappa shape index (κ3) is 3.94. The maximum absolute atomic E-state index is 14.4. The summed E-state index contributed by atoms with van der Waals surface area (Å²) in [7, 11) is 1.65. The van der Waals surface area contributed by atoms with Crippen molar-refractivity contribution in [2.24, 2.45) is 0 Å². The number of rotatable bonds is 6. The number of fused-ring (bicyclic) bond motifs is 1. The smallest absolute Gasteiger partial charge is 0.414 e. The lowest BCUT2D eigenvalue weighted by Gasteiger charge is -2.17. The Bertz CT molecular complexity index is 1100. The number of benzene rings is 1. The van der Waals surface area contributed by atoms with E-state index in [1.807, 2.05) is 0 Å². The molecule has 9 heteroatoms. The molecule has 0 saturated carbocycles. The van der Waals surface area contributed by atoms with Crippen LogP contribution in [0, 0.1) is 24.1 Å². The molecule has 2 aliphatic heterocycles. The number of nitriles is 1. The topological polar surface area (TPSA) is 98.6 Å². The Labute approximate surface area is 179 Å². The third-order valence-corrected chi connectivity index (χ3v) is 5.68. The highest BCUT2D eigenvalue weighted by Gasteiger charge is 2.33. The molecule has 1 unspecified atom stereocenters. The van der Waals surface area contributed by atoms with Crippen molar-refractivity contribution in [3.8, 4) is 6.07 Å². The number of aryl methyl sites for hydroxylation is 1. The zero-order valence-corrected chi connectivity index (χ0v) is 17.3. The quantitative estimate of drug-likeness (QED) is 0.717. The molecule has 1 aromatic carbocycles. The van der Waals surface area contributed by atoms with Gasteiger partial charge in [-0.25, -0.2) is 9.18 Å². The molecule has 2 aromatic rings. The number of halogens is 1. The molecule has 2 amide bonds. The van der Waals surface area contributed by atoms with Crippen LogP contribution in [0.1, 0.15) is 28.8 Å². The van der Waals surface area contributed by atoms with E-state index >= 15 is 0 Å². The number of pyridine rings is 1. The van der Waals surface area contributed by atoms with E-state index in [1.165, 1.54) is 15.9 Å². The van der Waals surface area contributed by atoms with E-state index in [0.717, 1.165) is 5.56 Å². The van der Waals surface area contributed by atoms with Crippen LogP contribution >= 0.6 is 0 Å². The first-order chi connectivity index (χ1) is 14.9. The van der Waals surface area contributed by atoms with Gasteiger partial charge in [-0.2, -0.15) is 5.26 Å². The number of likely N-dealkylation sites (N-methyl/N-ethyl adjacent to an activating group) is 1. The maximum Gasteiger partial charge on any atom is 0.414 e. The lowest BCUT2D eigenvalue weighted by molar-refractivity contribution is -0.117. The van der Waals surface area contributed by atoms with Crippen LogP contribution in [-0.4, -0.2) is 43.2 Å². The molecule has 4 rings (SSSR count). The molecule has 0 bridgehead atoms. The lowest BCUT2D eigenvalue weighted by atomic mass is 10.1. The fraction of sp³-hybridized carbons (Fsp3) is 0.364. The number of anilines is 2. The minimum atomic E-state index is -0.480. The van der Waals surface area contributed by atoms with Gasteiger partial charge in [0.1, 0.15) is 18.0 Å². The number of aromatic nitrogens is 1. The molecule has 1 atom stereocenters. The SMILES string of the molecule is Cc1ncc(N2CC(CCNCc3c(F)ccc4c3N(C)C(=O)C4)OC2=O)cc1C#N. The Kier molecular flexibility index (Phi) is 5.57. The van der Waals surface area contributed by atoms with Crippen LogP contribution in [0.25, 0.3) is 0 Å². The van der Waals surface area contributed by atoms with Gasteiger partial charge in [-0.1, -0.05) is 6.07 Å². The Hall–Kier alpha value is -3.51. The van der Waals surface area contributed by atoms with E-state index < -0.39 is 6.09 Å². The molecule has 8 nitrogen and oxygen atoms in total. The van der Waals surface area contributed by atoms with Crippen molar-refractivity contribution >= 4 is 23.4 Å². The highest BCUT2D eigenvalue weighted by molar-refractivity contribution is 6.01. The minimum Gasteiger partial charge on any atom is -0.444 e. The number of carbonyl (C=O) groups excluding carboxylic acids is 2. The molecular weight excluding hydrogens is 401 g/mol. The molecule has 0 radical (unpaired) electrons. The number of hydrogen-bond donors (Lipinski definition) is 1. The normalized spacial score (nSPS) is 17.7. The van der Waals surface area contributed by atoms with Gasteiger partial charge >= 0.3 is 6.09 Å². The number of nitrogens with zero attached hydrogens (tertiary/aromatic N) is 4. The largest absolute Gasteiger partial charge is 0.444 e. The van der Waals surface area contributed by atoms with Gasteiger partial charge in [0.2, 0.25) is 5.91 Å². The first-order valence-corrected chi connectivity index (χ1v) is 10.0. The van der Waals surface area contributed by atoms with Crippen molar-refractivity contribution in [1.29, 1.82) is 5.26 Å². The van der Waals surface area contributed by atoms with Crippen LogP contribution in [0.2, 0.25) is 0 Å². The average molecular weight is 423 g/mol. The molecule has 1 aromatic heterocycles. The molecule has 1 fully saturated rings. The van der Waals surface area contributed by atoms with E-state index in [1.54, 1.807) is 32.3 Å².